The fourth-order valence-corrected chi connectivity index (χ4v) is 2.27. The fraction of sp³-hybridized carbons (Fsp3) is 0.438. The van der Waals surface area contributed by atoms with E-state index in [0.717, 1.165) is 23.7 Å². The number of para-hydroxylation sites is 1. The molecule has 0 saturated carbocycles. The minimum atomic E-state index is 0.448. The highest BCUT2D eigenvalue weighted by molar-refractivity contribution is 5.36. The minimum absolute atomic E-state index is 0.448. The molecular weight excluding hydrogens is 250 g/mol. The van der Waals surface area contributed by atoms with Crippen LogP contribution in [0.4, 0.5) is 0 Å². The van der Waals surface area contributed by atoms with Gasteiger partial charge >= 0.3 is 0 Å². The van der Waals surface area contributed by atoms with E-state index < -0.39 is 0 Å². The van der Waals surface area contributed by atoms with Gasteiger partial charge in [0.1, 0.15) is 18.1 Å². The first-order valence-corrected chi connectivity index (χ1v) is 7.02. The maximum Gasteiger partial charge on any atom is 0.132 e. The highest BCUT2D eigenvalue weighted by atomic mass is 16.5. The lowest BCUT2D eigenvalue weighted by Gasteiger charge is -2.13. The molecule has 0 amide bonds. The molecule has 0 spiro atoms. The summed E-state index contributed by atoms with van der Waals surface area (Å²) in [5, 5.41) is 10.5. The average Bonchev–Trinajstić information content (AvgIpc) is 2.78. The Hall–Kier alpha value is -1.81. The van der Waals surface area contributed by atoms with Gasteiger partial charge in [-0.25, -0.2) is 0 Å². The second kappa shape index (κ2) is 6.57. The Morgan fingerprint density at radius 1 is 1.30 bits per heavy atom. The topological polar surface area (TPSA) is 49.9 Å². The lowest BCUT2D eigenvalue weighted by atomic mass is 10.0. The maximum absolute atomic E-state index is 5.97. The first kappa shape index (κ1) is 14.6. The highest BCUT2D eigenvalue weighted by Crippen LogP contribution is 2.26. The third kappa shape index (κ3) is 3.20. The predicted octanol–water partition coefficient (Wildman–Crippen LogP) is 3.14. The second-order valence-electron chi connectivity index (χ2n) is 5.29. The Bertz CT molecular complexity index is 561. The van der Waals surface area contributed by atoms with Gasteiger partial charge in [-0.15, -0.1) is 0 Å². The molecule has 1 heterocycles. The van der Waals surface area contributed by atoms with E-state index in [1.807, 2.05) is 32.2 Å². The van der Waals surface area contributed by atoms with Crippen molar-refractivity contribution >= 4 is 0 Å². The molecule has 0 unspecified atom stereocenters. The molecule has 0 radical (unpaired) electrons. The van der Waals surface area contributed by atoms with Gasteiger partial charge in [0.2, 0.25) is 0 Å². The monoisotopic (exact) mass is 273 g/mol. The molecule has 4 heteroatoms. The number of aromatic amines is 1. The summed E-state index contributed by atoms with van der Waals surface area (Å²) in [7, 11) is 1.94. The van der Waals surface area contributed by atoms with E-state index in [4.69, 9.17) is 4.74 Å². The maximum atomic E-state index is 5.97. The van der Waals surface area contributed by atoms with E-state index in [2.05, 4.69) is 35.4 Å². The first-order chi connectivity index (χ1) is 9.63. The molecule has 2 aromatic rings. The lowest BCUT2D eigenvalue weighted by molar-refractivity contribution is 0.295. The Morgan fingerprint density at radius 3 is 2.75 bits per heavy atom. The molecular formula is C16H23N3O. The Labute approximate surface area is 120 Å². The van der Waals surface area contributed by atoms with Gasteiger partial charge < -0.3 is 10.1 Å². The molecule has 2 rings (SSSR count). The molecule has 0 aliphatic carbocycles. The fourth-order valence-electron chi connectivity index (χ4n) is 2.27. The smallest absolute Gasteiger partial charge is 0.132 e. The van der Waals surface area contributed by atoms with Crippen molar-refractivity contribution in [2.75, 3.05) is 7.05 Å². The summed E-state index contributed by atoms with van der Waals surface area (Å²) in [6.07, 6.45) is 0. The third-order valence-corrected chi connectivity index (χ3v) is 3.42. The zero-order valence-corrected chi connectivity index (χ0v) is 12.7. The number of benzene rings is 1. The van der Waals surface area contributed by atoms with Crippen LogP contribution < -0.4 is 10.1 Å². The number of hydrogen-bond donors (Lipinski definition) is 2. The molecule has 0 fully saturated rings. The van der Waals surface area contributed by atoms with Gasteiger partial charge in [0.15, 0.2) is 0 Å². The number of aryl methyl sites for hydroxylation is 1. The molecule has 0 saturated heterocycles. The number of hydrogen-bond acceptors (Lipinski definition) is 3. The van der Waals surface area contributed by atoms with Gasteiger partial charge in [-0.1, -0.05) is 32.0 Å². The van der Waals surface area contributed by atoms with Crippen molar-refractivity contribution in [1.29, 1.82) is 0 Å². The van der Waals surface area contributed by atoms with Crippen LogP contribution in [0.3, 0.4) is 0 Å². The Kier molecular flexibility index (Phi) is 4.79. The van der Waals surface area contributed by atoms with Crippen molar-refractivity contribution in [3.05, 3.63) is 46.8 Å². The van der Waals surface area contributed by atoms with E-state index in [0.29, 0.717) is 12.5 Å². The molecule has 1 aromatic heterocycles. The summed E-state index contributed by atoms with van der Waals surface area (Å²) in [5.74, 6) is 1.39. The van der Waals surface area contributed by atoms with Crippen molar-refractivity contribution < 1.29 is 4.74 Å². The molecule has 4 nitrogen and oxygen atoms in total. The van der Waals surface area contributed by atoms with Crippen LogP contribution in [0.5, 0.6) is 5.75 Å². The zero-order valence-electron chi connectivity index (χ0n) is 12.7. The van der Waals surface area contributed by atoms with Gasteiger partial charge in [0.25, 0.3) is 0 Å². The molecule has 2 N–H and O–H groups in total. The van der Waals surface area contributed by atoms with E-state index >= 15 is 0 Å². The normalized spacial score (nSPS) is 11.1. The van der Waals surface area contributed by atoms with Crippen molar-refractivity contribution in [3.8, 4) is 5.75 Å². The van der Waals surface area contributed by atoms with Crippen LogP contribution in [0.25, 0.3) is 0 Å². The molecule has 0 aliphatic rings. The first-order valence-electron chi connectivity index (χ1n) is 7.02. The van der Waals surface area contributed by atoms with Crippen LogP contribution >= 0.6 is 0 Å². The van der Waals surface area contributed by atoms with Crippen molar-refractivity contribution in [3.63, 3.8) is 0 Å². The van der Waals surface area contributed by atoms with Crippen molar-refractivity contribution in [2.24, 2.45) is 0 Å². The number of rotatable bonds is 6. The van der Waals surface area contributed by atoms with Crippen LogP contribution in [0, 0.1) is 6.92 Å². The van der Waals surface area contributed by atoms with Crippen molar-refractivity contribution in [1.82, 2.24) is 15.5 Å². The number of nitrogens with zero attached hydrogens (tertiary/aromatic N) is 1. The lowest BCUT2D eigenvalue weighted by Crippen LogP contribution is -2.09. The SMILES string of the molecule is CNCc1c(COc2ccccc2C(C)C)n[nH]c1C. The highest BCUT2D eigenvalue weighted by Gasteiger charge is 2.12. The number of nitrogens with one attached hydrogen (secondary N) is 2. The van der Waals surface area contributed by atoms with E-state index in [-0.39, 0.29) is 0 Å². The molecule has 0 aliphatic heterocycles. The van der Waals surface area contributed by atoms with Crippen LogP contribution in [-0.2, 0) is 13.2 Å². The number of ether oxygens (including phenoxy) is 1. The van der Waals surface area contributed by atoms with E-state index in [9.17, 15) is 0 Å². The van der Waals surface area contributed by atoms with Gasteiger partial charge in [0, 0.05) is 17.8 Å². The molecule has 0 atom stereocenters. The van der Waals surface area contributed by atoms with E-state index in [1.54, 1.807) is 0 Å². The molecule has 108 valence electrons. The van der Waals surface area contributed by atoms with Gasteiger partial charge in [-0.05, 0) is 31.5 Å². The minimum Gasteiger partial charge on any atom is -0.487 e. The number of H-pyrrole nitrogens is 1. The summed E-state index contributed by atoms with van der Waals surface area (Å²) >= 11 is 0. The number of aromatic nitrogens is 2. The second-order valence-corrected chi connectivity index (χ2v) is 5.29. The third-order valence-electron chi connectivity index (χ3n) is 3.42. The van der Waals surface area contributed by atoms with Gasteiger partial charge in [0.05, 0.1) is 0 Å². The van der Waals surface area contributed by atoms with E-state index in [1.165, 1.54) is 11.1 Å². The van der Waals surface area contributed by atoms with Crippen LogP contribution in [0.15, 0.2) is 24.3 Å². The van der Waals surface area contributed by atoms with Crippen molar-refractivity contribution in [2.45, 2.75) is 39.8 Å². The summed E-state index contributed by atoms with van der Waals surface area (Å²) in [5.41, 5.74) is 4.48. The standard InChI is InChI=1S/C16H23N3O/c1-11(2)13-7-5-6-8-16(13)20-10-15-14(9-17-4)12(3)18-19-15/h5-8,11,17H,9-10H2,1-4H3,(H,18,19). The average molecular weight is 273 g/mol. The molecule has 0 bridgehead atoms. The molecule has 20 heavy (non-hydrogen) atoms. The Balaban J connectivity index is 2.13. The summed E-state index contributed by atoms with van der Waals surface area (Å²) < 4.78 is 5.97. The zero-order chi connectivity index (χ0) is 14.5. The molecule has 1 aromatic carbocycles. The summed E-state index contributed by atoms with van der Waals surface area (Å²) in [4.78, 5) is 0. The quantitative estimate of drug-likeness (QED) is 0.850. The summed E-state index contributed by atoms with van der Waals surface area (Å²) in [6, 6.07) is 8.19. The van der Waals surface area contributed by atoms with Gasteiger partial charge in [-0.3, -0.25) is 5.10 Å². The van der Waals surface area contributed by atoms with Crippen LogP contribution in [-0.4, -0.2) is 17.2 Å². The van der Waals surface area contributed by atoms with Crippen LogP contribution in [0.1, 0.15) is 42.3 Å². The largest absolute Gasteiger partial charge is 0.487 e. The Morgan fingerprint density at radius 2 is 2.05 bits per heavy atom. The summed E-state index contributed by atoms with van der Waals surface area (Å²) in [6.45, 7) is 7.67. The predicted molar refractivity (Wildman–Crippen MR) is 81.0 cm³/mol. The van der Waals surface area contributed by atoms with Crippen LogP contribution in [0.2, 0.25) is 0 Å². The van der Waals surface area contributed by atoms with Gasteiger partial charge in [-0.2, -0.15) is 5.10 Å².